The molecule has 1 aliphatic carbocycles. The molecule has 2 aromatic carbocycles. The Kier molecular flexibility index (Phi) is 4.57. The third-order valence-corrected chi connectivity index (χ3v) is 4.17. The van der Waals surface area contributed by atoms with E-state index in [1.165, 1.54) is 29.8 Å². The lowest BCUT2D eigenvalue weighted by atomic mass is 10.1. The molecule has 0 saturated carbocycles. The van der Waals surface area contributed by atoms with Crippen LogP contribution in [0.3, 0.4) is 0 Å². The molecule has 0 radical (unpaired) electrons. The first-order valence-corrected chi connectivity index (χ1v) is 7.71. The van der Waals surface area contributed by atoms with Gasteiger partial charge in [0, 0.05) is 12.2 Å². The number of halogens is 1. The van der Waals surface area contributed by atoms with E-state index in [1.54, 1.807) is 4.90 Å². The van der Waals surface area contributed by atoms with Gasteiger partial charge in [0.1, 0.15) is 5.82 Å². The highest BCUT2D eigenvalue weighted by molar-refractivity contribution is 5.89. The average molecular weight is 314 g/mol. The number of aliphatic hydroxyl groups is 1. The van der Waals surface area contributed by atoms with E-state index in [1.807, 2.05) is 18.2 Å². The molecule has 2 aromatic rings. The lowest BCUT2D eigenvalue weighted by molar-refractivity contribution is 0.162. The Hall–Kier alpha value is -2.40. The van der Waals surface area contributed by atoms with Gasteiger partial charge in [0.05, 0.1) is 12.6 Å². The maximum absolute atomic E-state index is 13.0. The smallest absolute Gasteiger partial charge is 0.322 e. The number of amides is 2. The van der Waals surface area contributed by atoms with Crippen molar-refractivity contribution in [3.63, 3.8) is 0 Å². The van der Waals surface area contributed by atoms with Crippen molar-refractivity contribution >= 4 is 11.7 Å². The first-order valence-electron chi connectivity index (χ1n) is 7.71. The van der Waals surface area contributed by atoms with E-state index in [9.17, 15) is 14.3 Å². The fourth-order valence-electron chi connectivity index (χ4n) is 3.09. The van der Waals surface area contributed by atoms with E-state index >= 15 is 0 Å². The van der Waals surface area contributed by atoms with Gasteiger partial charge in [0.25, 0.3) is 0 Å². The van der Waals surface area contributed by atoms with Crippen LogP contribution >= 0.6 is 0 Å². The maximum atomic E-state index is 13.0. The molecule has 0 saturated heterocycles. The molecule has 0 heterocycles. The molecule has 1 aliphatic rings. The van der Waals surface area contributed by atoms with Crippen molar-refractivity contribution in [3.05, 3.63) is 65.5 Å². The summed E-state index contributed by atoms with van der Waals surface area (Å²) < 4.78 is 13.0. The minimum absolute atomic E-state index is 0.0428. The van der Waals surface area contributed by atoms with E-state index in [0.29, 0.717) is 5.69 Å². The van der Waals surface area contributed by atoms with E-state index in [0.717, 1.165) is 18.4 Å². The van der Waals surface area contributed by atoms with Crippen molar-refractivity contribution in [1.29, 1.82) is 0 Å². The lowest BCUT2D eigenvalue weighted by Crippen LogP contribution is -2.39. The van der Waals surface area contributed by atoms with Crippen LogP contribution in [0.4, 0.5) is 14.9 Å². The van der Waals surface area contributed by atoms with Crippen LogP contribution in [0.5, 0.6) is 0 Å². The Morgan fingerprint density at radius 2 is 1.96 bits per heavy atom. The topological polar surface area (TPSA) is 52.6 Å². The van der Waals surface area contributed by atoms with Crippen LogP contribution in [0, 0.1) is 5.82 Å². The summed E-state index contributed by atoms with van der Waals surface area (Å²) >= 11 is 0. The van der Waals surface area contributed by atoms with Gasteiger partial charge >= 0.3 is 6.03 Å². The van der Waals surface area contributed by atoms with Crippen LogP contribution in [0.1, 0.15) is 23.6 Å². The number of urea groups is 1. The first-order chi connectivity index (χ1) is 11.2. The summed E-state index contributed by atoms with van der Waals surface area (Å²) in [6, 6.07) is 13.4. The molecule has 5 heteroatoms. The number of hydrogen-bond acceptors (Lipinski definition) is 2. The Bertz CT molecular complexity index is 688. The SMILES string of the molecule is O=C(Nc1ccc(F)cc1)N(CCO)C1CCc2ccccc21. The summed E-state index contributed by atoms with van der Waals surface area (Å²) in [4.78, 5) is 14.2. The van der Waals surface area contributed by atoms with Crippen molar-refractivity contribution in [3.8, 4) is 0 Å². The number of carbonyl (C=O) groups is 1. The molecule has 1 unspecified atom stereocenters. The van der Waals surface area contributed by atoms with E-state index < -0.39 is 0 Å². The van der Waals surface area contributed by atoms with Crippen molar-refractivity contribution in [2.75, 3.05) is 18.5 Å². The Labute approximate surface area is 134 Å². The van der Waals surface area contributed by atoms with Crippen LogP contribution in [-0.2, 0) is 6.42 Å². The van der Waals surface area contributed by atoms with Crippen LogP contribution in [0.25, 0.3) is 0 Å². The predicted octanol–water partition coefficient (Wildman–Crippen LogP) is 3.34. The van der Waals surface area contributed by atoms with E-state index in [2.05, 4.69) is 11.4 Å². The van der Waals surface area contributed by atoms with E-state index in [4.69, 9.17) is 0 Å². The highest BCUT2D eigenvalue weighted by Crippen LogP contribution is 2.35. The first kappa shape index (κ1) is 15.5. The Morgan fingerprint density at radius 1 is 1.22 bits per heavy atom. The van der Waals surface area contributed by atoms with Crippen LogP contribution in [0.15, 0.2) is 48.5 Å². The van der Waals surface area contributed by atoms with Crippen LogP contribution < -0.4 is 5.32 Å². The molecule has 1 atom stereocenters. The number of carbonyl (C=O) groups excluding carboxylic acids is 1. The number of aryl methyl sites for hydroxylation is 1. The van der Waals surface area contributed by atoms with Gasteiger partial charge in [0.15, 0.2) is 0 Å². The monoisotopic (exact) mass is 314 g/mol. The van der Waals surface area contributed by atoms with Gasteiger partial charge in [0.2, 0.25) is 0 Å². The number of nitrogens with zero attached hydrogens (tertiary/aromatic N) is 1. The highest BCUT2D eigenvalue weighted by atomic mass is 19.1. The predicted molar refractivity (Wildman–Crippen MR) is 86.7 cm³/mol. The summed E-state index contributed by atoms with van der Waals surface area (Å²) in [5.41, 5.74) is 2.91. The molecule has 23 heavy (non-hydrogen) atoms. The van der Waals surface area contributed by atoms with Gasteiger partial charge in [-0.3, -0.25) is 0 Å². The van der Waals surface area contributed by atoms with Gasteiger partial charge in [-0.25, -0.2) is 9.18 Å². The molecule has 0 aromatic heterocycles. The zero-order chi connectivity index (χ0) is 16.2. The van der Waals surface area contributed by atoms with Gasteiger partial charge < -0.3 is 15.3 Å². The molecular formula is C18H19FN2O2. The van der Waals surface area contributed by atoms with Crippen molar-refractivity contribution in [1.82, 2.24) is 4.90 Å². The number of rotatable bonds is 4. The molecule has 0 fully saturated rings. The summed E-state index contributed by atoms with van der Waals surface area (Å²) in [5, 5.41) is 12.1. The lowest BCUT2D eigenvalue weighted by Gasteiger charge is -2.29. The largest absolute Gasteiger partial charge is 0.395 e. The maximum Gasteiger partial charge on any atom is 0.322 e. The number of benzene rings is 2. The fourth-order valence-corrected chi connectivity index (χ4v) is 3.09. The second-order valence-corrected chi connectivity index (χ2v) is 5.61. The molecular weight excluding hydrogens is 295 g/mol. The molecule has 0 aliphatic heterocycles. The minimum atomic E-state index is -0.347. The van der Waals surface area contributed by atoms with Gasteiger partial charge in [-0.05, 0) is 48.2 Å². The van der Waals surface area contributed by atoms with Crippen LogP contribution in [0.2, 0.25) is 0 Å². The molecule has 120 valence electrons. The molecule has 2 amide bonds. The Morgan fingerprint density at radius 3 is 2.70 bits per heavy atom. The summed E-state index contributed by atoms with van der Waals surface area (Å²) in [6.45, 7) is 0.154. The molecule has 2 N–H and O–H groups in total. The summed E-state index contributed by atoms with van der Waals surface area (Å²) in [6.07, 6.45) is 1.77. The molecule has 3 rings (SSSR count). The summed E-state index contributed by atoms with van der Waals surface area (Å²) in [7, 11) is 0. The molecule has 4 nitrogen and oxygen atoms in total. The van der Waals surface area contributed by atoms with Crippen LogP contribution in [-0.4, -0.2) is 29.2 Å². The average Bonchev–Trinajstić information content (AvgIpc) is 2.98. The third-order valence-electron chi connectivity index (χ3n) is 4.17. The van der Waals surface area contributed by atoms with Crippen molar-refractivity contribution in [2.45, 2.75) is 18.9 Å². The number of fused-ring (bicyclic) bond motifs is 1. The minimum Gasteiger partial charge on any atom is -0.395 e. The van der Waals surface area contributed by atoms with Gasteiger partial charge in [-0.2, -0.15) is 0 Å². The zero-order valence-electron chi connectivity index (χ0n) is 12.7. The number of nitrogens with one attached hydrogen (secondary N) is 1. The van der Waals surface area contributed by atoms with E-state index in [-0.39, 0.29) is 31.0 Å². The second kappa shape index (κ2) is 6.79. The number of aliphatic hydroxyl groups excluding tert-OH is 1. The third kappa shape index (κ3) is 3.35. The fraction of sp³-hybridized carbons (Fsp3) is 0.278. The zero-order valence-corrected chi connectivity index (χ0v) is 12.7. The standard InChI is InChI=1S/C18H19FN2O2/c19-14-6-8-15(9-7-14)20-18(23)21(11-12-22)17-10-5-13-3-1-2-4-16(13)17/h1-4,6-9,17,22H,5,10-12H2,(H,20,23). The summed E-state index contributed by atoms with van der Waals surface area (Å²) in [5.74, 6) is -0.347. The number of hydrogen-bond donors (Lipinski definition) is 2. The molecule has 0 spiro atoms. The van der Waals surface area contributed by atoms with Crippen molar-refractivity contribution < 1.29 is 14.3 Å². The quantitative estimate of drug-likeness (QED) is 0.909. The normalized spacial score (nSPS) is 16.0. The van der Waals surface area contributed by atoms with Gasteiger partial charge in [-0.1, -0.05) is 24.3 Å². The second-order valence-electron chi connectivity index (χ2n) is 5.61. The molecule has 0 bridgehead atoms. The van der Waals surface area contributed by atoms with Crippen molar-refractivity contribution in [2.24, 2.45) is 0 Å². The number of anilines is 1. The highest BCUT2D eigenvalue weighted by Gasteiger charge is 2.30. The Balaban J connectivity index is 1.79. The van der Waals surface area contributed by atoms with Gasteiger partial charge in [-0.15, -0.1) is 0 Å².